The van der Waals surface area contributed by atoms with Crippen molar-refractivity contribution >= 4 is 17.3 Å². The van der Waals surface area contributed by atoms with Gasteiger partial charge in [0.25, 0.3) is 0 Å². The SMILES string of the molecule is COCCCNC(=S)N1CCC2(CCCC2)C1. The lowest BCUT2D eigenvalue weighted by molar-refractivity contribution is 0.195. The van der Waals surface area contributed by atoms with Crippen LogP contribution >= 0.6 is 12.2 Å². The minimum Gasteiger partial charge on any atom is -0.385 e. The topological polar surface area (TPSA) is 24.5 Å². The summed E-state index contributed by atoms with van der Waals surface area (Å²) in [5.74, 6) is 0. The molecule has 2 aliphatic rings. The Balaban J connectivity index is 1.70. The molecule has 1 N–H and O–H groups in total. The van der Waals surface area contributed by atoms with Crippen molar-refractivity contribution in [3.05, 3.63) is 0 Å². The van der Waals surface area contributed by atoms with E-state index in [0.717, 1.165) is 31.2 Å². The van der Waals surface area contributed by atoms with Crippen molar-refractivity contribution in [1.82, 2.24) is 10.2 Å². The molecule has 0 aromatic carbocycles. The van der Waals surface area contributed by atoms with Crippen molar-refractivity contribution in [2.45, 2.75) is 38.5 Å². The monoisotopic (exact) mass is 256 g/mol. The lowest BCUT2D eigenvalue weighted by Gasteiger charge is -2.25. The van der Waals surface area contributed by atoms with Gasteiger partial charge in [-0.2, -0.15) is 0 Å². The fourth-order valence-electron chi connectivity index (χ4n) is 3.17. The molecule has 98 valence electrons. The van der Waals surface area contributed by atoms with Crippen molar-refractivity contribution in [2.75, 3.05) is 33.4 Å². The smallest absolute Gasteiger partial charge is 0.168 e. The fraction of sp³-hybridized carbons (Fsp3) is 0.923. The highest BCUT2D eigenvalue weighted by molar-refractivity contribution is 7.80. The van der Waals surface area contributed by atoms with Crippen LogP contribution in [0, 0.1) is 5.41 Å². The summed E-state index contributed by atoms with van der Waals surface area (Å²) in [5.41, 5.74) is 0.609. The Morgan fingerprint density at radius 1 is 1.35 bits per heavy atom. The molecule has 0 amide bonds. The van der Waals surface area contributed by atoms with E-state index in [1.165, 1.54) is 38.6 Å². The second-order valence-electron chi connectivity index (χ2n) is 5.46. The van der Waals surface area contributed by atoms with Crippen molar-refractivity contribution in [3.63, 3.8) is 0 Å². The van der Waals surface area contributed by atoms with E-state index in [0.29, 0.717) is 5.41 Å². The van der Waals surface area contributed by atoms with Crippen LogP contribution in [-0.4, -0.2) is 43.4 Å². The number of thiocarbonyl (C=S) groups is 1. The maximum Gasteiger partial charge on any atom is 0.168 e. The first-order chi connectivity index (χ1) is 8.26. The first-order valence-electron chi connectivity index (χ1n) is 6.77. The van der Waals surface area contributed by atoms with Gasteiger partial charge in [-0.1, -0.05) is 12.8 Å². The first kappa shape index (κ1) is 13.1. The maximum absolute atomic E-state index is 5.46. The molecule has 17 heavy (non-hydrogen) atoms. The minimum atomic E-state index is 0.609. The normalized spacial score (nSPS) is 22.3. The zero-order valence-electron chi connectivity index (χ0n) is 10.8. The molecule has 2 rings (SSSR count). The van der Waals surface area contributed by atoms with E-state index in [-0.39, 0.29) is 0 Å². The summed E-state index contributed by atoms with van der Waals surface area (Å²) >= 11 is 5.46. The van der Waals surface area contributed by atoms with Crippen LogP contribution in [0.3, 0.4) is 0 Å². The predicted octanol–water partition coefficient (Wildman–Crippen LogP) is 2.16. The molecule has 2 fully saturated rings. The van der Waals surface area contributed by atoms with Gasteiger partial charge < -0.3 is 15.0 Å². The Hall–Kier alpha value is -0.350. The number of hydrogen-bond donors (Lipinski definition) is 1. The third kappa shape index (κ3) is 3.32. The summed E-state index contributed by atoms with van der Waals surface area (Å²) in [7, 11) is 1.74. The third-order valence-electron chi connectivity index (χ3n) is 4.19. The molecular weight excluding hydrogens is 232 g/mol. The van der Waals surface area contributed by atoms with Gasteiger partial charge in [0, 0.05) is 33.4 Å². The van der Waals surface area contributed by atoms with E-state index in [1.807, 2.05) is 0 Å². The summed E-state index contributed by atoms with van der Waals surface area (Å²) < 4.78 is 5.03. The number of likely N-dealkylation sites (tertiary alicyclic amines) is 1. The molecular formula is C13H24N2OS. The highest BCUT2D eigenvalue weighted by atomic mass is 32.1. The Morgan fingerprint density at radius 3 is 2.82 bits per heavy atom. The second kappa shape index (κ2) is 6.01. The average molecular weight is 256 g/mol. The van der Waals surface area contributed by atoms with Crippen LogP contribution in [0.15, 0.2) is 0 Å². The van der Waals surface area contributed by atoms with Crippen molar-refractivity contribution < 1.29 is 4.74 Å². The van der Waals surface area contributed by atoms with E-state index >= 15 is 0 Å². The molecule has 4 heteroatoms. The summed E-state index contributed by atoms with van der Waals surface area (Å²) in [4.78, 5) is 2.37. The lowest BCUT2D eigenvalue weighted by atomic mass is 9.86. The first-order valence-corrected chi connectivity index (χ1v) is 7.18. The van der Waals surface area contributed by atoms with Crippen LogP contribution in [-0.2, 0) is 4.74 Å². The van der Waals surface area contributed by atoms with Crippen molar-refractivity contribution in [3.8, 4) is 0 Å². The van der Waals surface area contributed by atoms with E-state index in [1.54, 1.807) is 7.11 Å². The molecule has 1 aliphatic carbocycles. The molecule has 0 unspecified atom stereocenters. The van der Waals surface area contributed by atoms with Crippen molar-refractivity contribution in [1.29, 1.82) is 0 Å². The number of hydrogen-bond acceptors (Lipinski definition) is 2. The quantitative estimate of drug-likeness (QED) is 0.615. The van der Waals surface area contributed by atoms with E-state index in [2.05, 4.69) is 10.2 Å². The highest BCUT2D eigenvalue weighted by Crippen LogP contribution is 2.45. The molecule has 1 aliphatic heterocycles. The standard InChI is InChI=1S/C13H24N2OS/c1-16-10-4-8-14-12(17)15-9-7-13(11-15)5-2-3-6-13/h2-11H2,1H3,(H,14,17). The molecule has 0 aromatic rings. The largest absolute Gasteiger partial charge is 0.385 e. The maximum atomic E-state index is 5.46. The number of nitrogens with one attached hydrogen (secondary N) is 1. The van der Waals surface area contributed by atoms with E-state index in [4.69, 9.17) is 17.0 Å². The average Bonchev–Trinajstić information content (AvgIpc) is 2.96. The van der Waals surface area contributed by atoms with Gasteiger partial charge in [0.05, 0.1) is 0 Å². The van der Waals surface area contributed by atoms with Gasteiger partial charge in [0.1, 0.15) is 0 Å². The van der Waals surface area contributed by atoms with Crippen LogP contribution < -0.4 is 5.32 Å². The highest BCUT2D eigenvalue weighted by Gasteiger charge is 2.40. The molecule has 0 atom stereocenters. The van der Waals surface area contributed by atoms with Crippen LogP contribution in [0.4, 0.5) is 0 Å². The molecule has 0 radical (unpaired) electrons. The zero-order chi connectivity index (χ0) is 12.1. The second-order valence-corrected chi connectivity index (χ2v) is 5.84. The number of methoxy groups -OCH3 is 1. The van der Waals surface area contributed by atoms with Gasteiger partial charge in [0.2, 0.25) is 0 Å². The molecule has 1 heterocycles. The Labute approximate surface area is 110 Å². The predicted molar refractivity (Wildman–Crippen MR) is 74.2 cm³/mol. The number of ether oxygens (including phenoxy) is 1. The number of rotatable bonds is 4. The van der Waals surface area contributed by atoms with Crippen LogP contribution in [0.25, 0.3) is 0 Å². The fourth-order valence-corrected chi connectivity index (χ4v) is 3.42. The Morgan fingerprint density at radius 2 is 2.12 bits per heavy atom. The lowest BCUT2D eigenvalue weighted by Crippen LogP contribution is -2.39. The molecule has 3 nitrogen and oxygen atoms in total. The summed E-state index contributed by atoms with van der Waals surface area (Å²) in [6, 6.07) is 0. The molecule has 0 aromatic heterocycles. The van der Waals surface area contributed by atoms with Crippen LogP contribution in [0.2, 0.25) is 0 Å². The van der Waals surface area contributed by atoms with E-state index < -0.39 is 0 Å². The van der Waals surface area contributed by atoms with Gasteiger partial charge in [0.15, 0.2) is 5.11 Å². The summed E-state index contributed by atoms with van der Waals surface area (Å²) in [6.45, 7) is 4.06. The minimum absolute atomic E-state index is 0.609. The molecule has 1 saturated carbocycles. The van der Waals surface area contributed by atoms with Gasteiger partial charge >= 0.3 is 0 Å². The van der Waals surface area contributed by atoms with Gasteiger partial charge in [-0.05, 0) is 43.3 Å². The Bertz CT molecular complexity index is 264. The molecule has 1 spiro atoms. The van der Waals surface area contributed by atoms with Gasteiger partial charge in [-0.15, -0.1) is 0 Å². The van der Waals surface area contributed by atoms with Crippen molar-refractivity contribution in [2.24, 2.45) is 5.41 Å². The molecule has 0 bridgehead atoms. The van der Waals surface area contributed by atoms with E-state index in [9.17, 15) is 0 Å². The van der Waals surface area contributed by atoms with Gasteiger partial charge in [-0.3, -0.25) is 0 Å². The molecule has 1 saturated heterocycles. The Kier molecular flexibility index (Phi) is 4.62. The number of nitrogens with zero attached hydrogens (tertiary/aromatic N) is 1. The zero-order valence-corrected chi connectivity index (χ0v) is 11.7. The van der Waals surface area contributed by atoms with Crippen LogP contribution in [0.5, 0.6) is 0 Å². The summed E-state index contributed by atoms with van der Waals surface area (Å²) in [6.07, 6.45) is 8.03. The van der Waals surface area contributed by atoms with Crippen LogP contribution in [0.1, 0.15) is 38.5 Å². The van der Waals surface area contributed by atoms with Gasteiger partial charge in [-0.25, -0.2) is 0 Å². The summed E-state index contributed by atoms with van der Waals surface area (Å²) in [5, 5.41) is 4.29. The third-order valence-corrected chi connectivity index (χ3v) is 4.59.